The predicted octanol–water partition coefficient (Wildman–Crippen LogP) is 1.39. The molecule has 0 spiro atoms. The first-order valence-corrected chi connectivity index (χ1v) is 8.92. The first-order valence-electron chi connectivity index (χ1n) is 7.43. The Balaban J connectivity index is 0.00000338. The average Bonchev–Trinajstić information content (AvgIpc) is 3.02. The van der Waals surface area contributed by atoms with Crippen molar-refractivity contribution < 1.29 is 31.1 Å². The normalized spacial score (nSPS) is 20.5. The van der Waals surface area contributed by atoms with Crippen molar-refractivity contribution in [3.8, 4) is 0 Å². The van der Waals surface area contributed by atoms with E-state index < -0.39 is 28.8 Å². The molecule has 1 amide bonds. The second kappa shape index (κ2) is 9.00. The SMILES string of the molecule is Cl.NC[C@H]1CC[C@@H](C(=O)Nc2ccc(S(=O)(=O)NCC(F)(F)F)cc2)O1. The van der Waals surface area contributed by atoms with Crippen molar-refractivity contribution in [3.63, 3.8) is 0 Å². The Morgan fingerprint density at radius 2 is 1.85 bits per heavy atom. The second-order valence-corrected chi connectivity index (χ2v) is 7.28. The highest BCUT2D eigenvalue weighted by molar-refractivity contribution is 7.89. The molecular weight excluding hydrogens is 399 g/mol. The number of amides is 1. The summed E-state index contributed by atoms with van der Waals surface area (Å²) in [7, 11) is -4.29. The lowest BCUT2D eigenvalue weighted by Gasteiger charge is -2.13. The summed E-state index contributed by atoms with van der Waals surface area (Å²) in [5.41, 5.74) is 5.77. The summed E-state index contributed by atoms with van der Waals surface area (Å²) in [5.74, 6) is -0.387. The number of nitrogens with one attached hydrogen (secondary N) is 2. The van der Waals surface area contributed by atoms with Gasteiger partial charge in [0.25, 0.3) is 5.91 Å². The standard InChI is InChI=1S/C14H18F3N3O4S.ClH/c15-14(16,17)8-19-25(22,23)11-4-1-9(2-5-11)20-13(21)12-6-3-10(7-18)24-12;/h1-2,4-5,10,12,19H,3,6-8,18H2,(H,20,21);1H/t10-,12+;/m1./s1. The Hall–Kier alpha value is -1.40. The fourth-order valence-corrected chi connectivity index (χ4v) is 3.29. The zero-order valence-electron chi connectivity index (χ0n) is 13.5. The molecule has 1 aliphatic heterocycles. The summed E-state index contributed by atoms with van der Waals surface area (Å²) in [6.07, 6.45) is -4.24. The van der Waals surface area contributed by atoms with Crippen LogP contribution in [0.15, 0.2) is 29.2 Å². The summed E-state index contributed by atoms with van der Waals surface area (Å²) < 4.78 is 66.8. The largest absolute Gasteiger partial charge is 0.402 e. The topological polar surface area (TPSA) is 111 Å². The first kappa shape index (κ1) is 22.6. The number of nitrogens with two attached hydrogens (primary N) is 1. The number of anilines is 1. The Morgan fingerprint density at radius 1 is 1.23 bits per heavy atom. The lowest BCUT2D eigenvalue weighted by Crippen LogP contribution is -2.33. The van der Waals surface area contributed by atoms with Crippen molar-refractivity contribution in [1.29, 1.82) is 0 Å². The maximum absolute atomic E-state index is 12.1. The first-order chi connectivity index (χ1) is 11.6. The molecule has 2 atom stereocenters. The van der Waals surface area contributed by atoms with E-state index in [0.29, 0.717) is 25.1 Å². The molecule has 1 heterocycles. The van der Waals surface area contributed by atoms with Gasteiger partial charge < -0.3 is 15.8 Å². The smallest absolute Gasteiger partial charge is 0.364 e. The Kier molecular flexibility index (Phi) is 7.84. The molecule has 148 valence electrons. The summed E-state index contributed by atoms with van der Waals surface area (Å²) in [5, 5.41) is 2.56. The van der Waals surface area contributed by atoms with E-state index in [1.54, 1.807) is 0 Å². The molecule has 1 aromatic rings. The van der Waals surface area contributed by atoms with Crippen LogP contribution in [0.25, 0.3) is 0 Å². The van der Waals surface area contributed by atoms with Gasteiger partial charge in [-0.25, -0.2) is 13.1 Å². The Labute approximate surface area is 154 Å². The van der Waals surface area contributed by atoms with Gasteiger partial charge >= 0.3 is 6.18 Å². The molecule has 0 saturated carbocycles. The summed E-state index contributed by atoms with van der Waals surface area (Å²) in [6.45, 7) is -1.34. The molecule has 1 aromatic carbocycles. The molecule has 1 saturated heterocycles. The number of sulfonamides is 1. The number of rotatable bonds is 6. The number of hydrogen-bond donors (Lipinski definition) is 3. The minimum atomic E-state index is -4.65. The monoisotopic (exact) mass is 417 g/mol. The number of halogens is 4. The summed E-state index contributed by atoms with van der Waals surface area (Å²) in [6, 6.07) is 4.78. The summed E-state index contributed by atoms with van der Waals surface area (Å²) in [4.78, 5) is 11.7. The number of ether oxygens (including phenoxy) is 1. The van der Waals surface area contributed by atoms with Crippen molar-refractivity contribution in [2.45, 2.75) is 36.1 Å². The van der Waals surface area contributed by atoms with Crippen LogP contribution in [-0.2, 0) is 19.6 Å². The van der Waals surface area contributed by atoms with Crippen LogP contribution in [0.2, 0.25) is 0 Å². The van der Waals surface area contributed by atoms with Crippen LogP contribution in [0, 0.1) is 0 Å². The van der Waals surface area contributed by atoms with Crippen LogP contribution in [0.3, 0.4) is 0 Å². The maximum atomic E-state index is 12.1. The molecule has 1 aliphatic rings. The van der Waals surface area contributed by atoms with Crippen LogP contribution in [-0.4, -0.2) is 45.8 Å². The second-order valence-electron chi connectivity index (χ2n) is 5.51. The molecule has 7 nitrogen and oxygen atoms in total. The fraction of sp³-hybridized carbons (Fsp3) is 0.500. The van der Waals surface area contributed by atoms with Crippen LogP contribution in [0.1, 0.15) is 12.8 Å². The molecule has 4 N–H and O–H groups in total. The Morgan fingerprint density at radius 3 is 2.35 bits per heavy atom. The number of carbonyl (C=O) groups excluding carboxylic acids is 1. The van der Waals surface area contributed by atoms with Gasteiger partial charge in [-0.2, -0.15) is 13.2 Å². The number of hydrogen-bond acceptors (Lipinski definition) is 5. The average molecular weight is 418 g/mol. The summed E-state index contributed by atoms with van der Waals surface area (Å²) >= 11 is 0. The van der Waals surface area contributed by atoms with Crippen LogP contribution in [0.5, 0.6) is 0 Å². The highest BCUT2D eigenvalue weighted by Crippen LogP contribution is 2.21. The van der Waals surface area contributed by atoms with Gasteiger partial charge in [0.1, 0.15) is 12.6 Å². The number of benzene rings is 1. The van der Waals surface area contributed by atoms with Crippen molar-refractivity contribution in [3.05, 3.63) is 24.3 Å². The molecule has 1 fully saturated rings. The zero-order chi connectivity index (χ0) is 18.7. The Bertz CT molecular complexity index is 713. The lowest BCUT2D eigenvalue weighted by atomic mass is 10.2. The van der Waals surface area contributed by atoms with Gasteiger partial charge in [-0.1, -0.05) is 0 Å². The van der Waals surface area contributed by atoms with Crippen LogP contribution in [0.4, 0.5) is 18.9 Å². The zero-order valence-corrected chi connectivity index (χ0v) is 15.1. The minimum Gasteiger partial charge on any atom is -0.364 e. The van der Waals surface area contributed by atoms with E-state index in [1.807, 2.05) is 0 Å². The maximum Gasteiger partial charge on any atom is 0.402 e. The van der Waals surface area contributed by atoms with Crippen molar-refractivity contribution in [1.82, 2.24) is 4.72 Å². The van der Waals surface area contributed by atoms with Crippen LogP contribution < -0.4 is 15.8 Å². The van der Waals surface area contributed by atoms with E-state index in [0.717, 1.165) is 12.1 Å². The lowest BCUT2D eigenvalue weighted by molar-refractivity contribution is -0.126. The van der Waals surface area contributed by atoms with Crippen molar-refractivity contribution >= 4 is 34.0 Å². The highest BCUT2D eigenvalue weighted by atomic mass is 35.5. The van der Waals surface area contributed by atoms with Crippen molar-refractivity contribution in [2.24, 2.45) is 5.73 Å². The van der Waals surface area contributed by atoms with E-state index >= 15 is 0 Å². The molecule has 0 aliphatic carbocycles. The molecule has 0 bridgehead atoms. The highest BCUT2D eigenvalue weighted by Gasteiger charge is 2.31. The van der Waals surface area contributed by atoms with E-state index in [1.165, 1.54) is 16.9 Å². The van der Waals surface area contributed by atoms with Gasteiger partial charge in [0, 0.05) is 12.2 Å². The number of alkyl halides is 3. The quantitative estimate of drug-likeness (QED) is 0.648. The third-order valence-corrected chi connectivity index (χ3v) is 4.97. The van der Waals surface area contributed by atoms with Crippen LogP contribution >= 0.6 is 12.4 Å². The molecule has 12 heteroatoms. The molecular formula is C14H19ClF3N3O4S. The predicted molar refractivity (Wildman–Crippen MR) is 90.5 cm³/mol. The molecule has 26 heavy (non-hydrogen) atoms. The van der Waals surface area contributed by atoms with Gasteiger partial charge in [0.05, 0.1) is 11.0 Å². The minimum absolute atomic E-state index is 0. The third-order valence-electron chi connectivity index (χ3n) is 3.56. The number of carbonyl (C=O) groups is 1. The molecule has 0 aromatic heterocycles. The van der Waals surface area contributed by atoms with Gasteiger partial charge in [-0.3, -0.25) is 4.79 Å². The van der Waals surface area contributed by atoms with Gasteiger partial charge in [-0.05, 0) is 37.1 Å². The van der Waals surface area contributed by atoms with Gasteiger partial charge in [0.15, 0.2) is 0 Å². The molecule has 0 unspecified atom stereocenters. The molecule has 0 radical (unpaired) electrons. The third kappa shape index (κ3) is 6.40. The molecule has 2 rings (SSSR count). The van der Waals surface area contributed by atoms with Crippen molar-refractivity contribution in [2.75, 3.05) is 18.4 Å². The van der Waals surface area contributed by atoms with E-state index in [-0.39, 0.29) is 29.3 Å². The van der Waals surface area contributed by atoms with Gasteiger partial charge in [0.2, 0.25) is 10.0 Å². The van der Waals surface area contributed by atoms with E-state index in [2.05, 4.69) is 5.32 Å². The van der Waals surface area contributed by atoms with E-state index in [4.69, 9.17) is 10.5 Å². The fourth-order valence-electron chi connectivity index (χ4n) is 2.27. The van der Waals surface area contributed by atoms with Gasteiger partial charge in [-0.15, -0.1) is 12.4 Å². The van der Waals surface area contributed by atoms with E-state index in [9.17, 15) is 26.4 Å².